The van der Waals surface area contributed by atoms with E-state index >= 15 is 0 Å². The number of carbonyl (C=O) groups is 2. The predicted octanol–water partition coefficient (Wildman–Crippen LogP) is 3.75. The number of pyridine rings is 1. The smallest absolute Gasteiger partial charge is 0.303 e. The van der Waals surface area contributed by atoms with Gasteiger partial charge in [-0.25, -0.2) is 4.98 Å². The maximum Gasteiger partial charge on any atom is 0.303 e. The zero-order valence-electron chi connectivity index (χ0n) is 15.8. The van der Waals surface area contributed by atoms with E-state index in [2.05, 4.69) is 21.7 Å². The summed E-state index contributed by atoms with van der Waals surface area (Å²) in [4.78, 5) is 26.5. The van der Waals surface area contributed by atoms with Crippen LogP contribution in [0.5, 0.6) is 0 Å². The van der Waals surface area contributed by atoms with Crippen LogP contribution in [-0.4, -0.2) is 22.0 Å². The number of carbonyl (C=O) groups excluding carboxylic acids is 1. The molecule has 29 heavy (non-hydrogen) atoms. The van der Waals surface area contributed by atoms with Gasteiger partial charge in [-0.05, 0) is 47.0 Å². The van der Waals surface area contributed by atoms with E-state index in [1.807, 2.05) is 48.5 Å². The summed E-state index contributed by atoms with van der Waals surface area (Å²) >= 11 is 0. The molecular formula is C22H22N4O3. The topological polar surface area (TPSA) is 117 Å². The second-order valence-electron chi connectivity index (χ2n) is 6.51. The van der Waals surface area contributed by atoms with Crippen LogP contribution >= 0.6 is 0 Å². The molecule has 148 valence electrons. The third kappa shape index (κ3) is 5.80. The number of nitrogens with two attached hydrogens (primary N) is 1. The van der Waals surface area contributed by atoms with Crippen molar-refractivity contribution in [2.75, 3.05) is 16.4 Å². The van der Waals surface area contributed by atoms with Gasteiger partial charge < -0.3 is 21.5 Å². The molecule has 7 heteroatoms. The Morgan fingerprint density at radius 3 is 2.48 bits per heavy atom. The fraction of sp³-hybridized carbons (Fsp3) is 0.136. The van der Waals surface area contributed by atoms with Gasteiger partial charge in [0.25, 0.3) is 0 Å². The van der Waals surface area contributed by atoms with Crippen LogP contribution in [0, 0.1) is 0 Å². The molecule has 0 aliphatic rings. The van der Waals surface area contributed by atoms with Gasteiger partial charge in [-0.1, -0.05) is 30.3 Å². The highest BCUT2D eigenvalue weighted by molar-refractivity contribution is 5.93. The van der Waals surface area contributed by atoms with E-state index in [0.717, 1.165) is 22.4 Å². The second kappa shape index (κ2) is 9.36. The number of nitrogen functional groups attached to an aromatic ring is 1. The molecule has 2 aromatic carbocycles. The molecule has 0 aliphatic carbocycles. The number of nitrogens with one attached hydrogen (secondary N) is 2. The molecule has 5 N–H and O–H groups in total. The maximum atomic E-state index is 11.9. The van der Waals surface area contributed by atoms with E-state index in [-0.39, 0.29) is 18.7 Å². The minimum Gasteiger partial charge on any atom is -0.481 e. The van der Waals surface area contributed by atoms with E-state index in [4.69, 9.17) is 10.8 Å². The highest BCUT2D eigenvalue weighted by Crippen LogP contribution is 2.24. The third-order valence-electron chi connectivity index (χ3n) is 4.29. The number of aliphatic carboxylic acids is 1. The number of benzene rings is 2. The predicted molar refractivity (Wildman–Crippen MR) is 113 cm³/mol. The molecule has 3 aromatic rings. The molecule has 0 unspecified atom stereocenters. The molecule has 0 saturated heterocycles. The number of anilines is 3. The number of carboxylic acid groups (broad SMARTS) is 1. The maximum absolute atomic E-state index is 11.9. The molecular weight excluding hydrogens is 368 g/mol. The van der Waals surface area contributed by atoms with Crippen molar-refractivity contribution >= 4 is 29.1 Å². The lowest BCUT2D eigenvalue weighted by molar-refractivity contribution is -0.138. The third-order valence-corrected chi connectivity index (χ3v) is 4.29. The minimum atomic E-state index is -0.993. The first kappa shape index (κ1) is 19.9. The number of carboxylic acids is 1. The minimum absolute atomic E-state index is 0.0574. The van der Waals surface area contributed by atoms with E-state index in [9.17, 15) is 9.59 Å². The Bertz CT molecular complexity index is 1020. The molecule has 0 fully saturated rings. The average molecular weight is 390 g/mol. The first-order valence-corrected chi connectivity index (χ1v) is 9.16. The van der Waals surface area contributed by atoms with Crippen molar-refractivity contribution in [3.05, 3.63) is 72.4 Å². The quantitative estimate of drug-likeness (QED) is 0.465. The van der Waals surface area contributed by atoms with Crippen molar-refractivity contribution < 1.29 is 14.7 Å². The van der Waals surface area contributed by atoms with E-state index in [1.54, 1.807) is 12.3 Å². The van der Waals surface area contributed by atoms with Crippen molar-refractivity contribution in [3.63, 3.8) is 0 Å². The number of aromatic nitrogens is 1. The van der Waals surface area contributed by atoms with Crippen LogP contribution in [0.1, 0.15) is 18.4 Å². The SMILES string of the molecule is Nc1ncccc1NCc1cccc(-c2cccc(NC(=O)CCC(=O)O)c2)c1. The molecule has 0 radical (unpaired) electrons. The lowest BCUT2D eigenvalue weighted by atomic mass is 10.0. The number of hydrogen-bond acceptors (Lipinski definition) is 5. The summed E-state index contributed by atoms with van der Waals surface area (Å²) in [6, 6.07) is 19.2. The number of nitrogens with zero attached hydrogens (tertiary/aromatic N) is 1. The summed E-state index contributed by atoms with van der Waals surface area (Å²) < 4.78 is 0. The van der Waals surface area contributed by atoms with Gasteiger partial charge in [0, 0.05) is 24.8 Å². The van der Waals surface area contributed by atoms with Crippen molar-refractivity contribution in [2.24, 2.45) is 0 Å². The number of amides is 1. The van der Waals surface area contributed by atoms with Crippen LogP contribution in [0.3, 0.4) is 0 Å². The standard InChI is InChI=1S/C22H22N4O3/c23-22-19(8-3-11-24-22)25-14-15-4-1-5-16(12-15)17-6-2-7-18(13-17)26-20(27)9-10-21(28)29/h1-8,11-13,25H,9-10,14H2,(H2,23,24)(H,26,27)(H,28,29). The fourth-order valence-corrected chi connectivity index (χ4v) is 2.85. The highest BCUT2D eigenvalue weighted by Gasteiger charge is 2.07. The van der Waals surface area contributed by atoms with Crippen LogP contribution in [0.15, 0.2) is 66.9 Å². The van der Waals surface area contributed by atoms with Gasteiger partial charge in [0.2, 0.25) is 5.91 Å². The van der Waals surface area contributed by atoms with Gasteiger partial charge in [-0.3, -0.25) is 9.59 Å². The van der Waals surface area contributed by atoms with Crippen LogP contribution < -0.4 is 16.4 Å². The molecule has 1 amide bonds. The van der Waals surface area contributed by atoms with Crippen LogP contribution in [-0.2, 0) is 16.1 Å². The molecule has 0 saturated carbocycles. The zero-order valence-corrected chi connectivity index (χ0v) is 15.8. The molecule has 0 atom stereocenters. The first-order valence-electron chi connectivity index (χ1n) is 9.16. The first-order chi connectivity index (χ1) is 14.0. The van der Waals surface area contributed by atoms with Crippen LogP contribution in [0.2, 0.25) is 0 Å². The summed E-state index contributed by atoms with van der Waals surface area (Å²) in [5, 5.41) is 14.7. The lowest BCUT2D eigenvalue weighted by Crippen LogP contribution is -2.13. The molecule has 0 spiro atoms. The monoisotopic (exact) mass is 390 g/mol. The van der Waals surface area contributed by atoms with E-state index < -0.39 is 5.97 Å². The summed E-state index contributed by atoms with van der Waals surface area (Å²) in [7, 11) is 0. The van der Waals surface area contributed by atoms with Crippen LogP contribution in [0.25, 0.3) is 11.1 Å². The Morgan fingerprint density at radius 1 is 0.966 bits per heavy atom. The Kier molecular flexibility index (Phi) is 6.42. The summed E-state index contributed by atoms with van der Waals surface area (Å²) in [6.07, 6.45) is 1.40. The normalized spacial score (nSPS) is 10.3. The molecule has 0 bridgehead atoms. The summed E-state index contributed by atoms with van der Waals surface area (Å²) in [5.74, 6) is -0.862. The van der Waals surface area contributed by atoms with Gasteiger partial charge in [-0.2, -0.15) is 0 Å². The Balaban J connectivity index is 1.69. The largest absolute Gasteiger partial charge is 0.481 e. The molecule has 3 rings (SSSR count). The van der Waals surface area contributed by atoms with Gasteiger partial charge in [0.1, 0.15) is 5.82 Å². The Hall–Kier alpha value is -3.87. The molecule has 0 aliphatic heterocycles. The van der Waals surface area contributed by atoms with Gasteiger partial charge >= 0.3 is 5.97 Å². The number of hydrogen-bond donors (Lipinski definition) is 4. The zero-order chi connectivity index (χ0) is 20.6. The molecule has 1 aromatic heterocycles. The van der Waals surface area contributed by atoms with Crippen LogP contribution in [0.4, 0.5) is 17.2 Å². The average Bonchev–Trinajstić information content (AvgIpc) is 2.72. The van der Waals surface area contributed by atoms with Crippen molar-refractivity contribution in [3.8, 4) is 11.1 Å². The Labute approximate surface area is 168 Å². The second-order valence-corrected chi connectivity index (χ2v) is 6.51. The molecule has 1 heterocycles. The Morgan fingerprint density at radius 2 is 1.72 bits per heavy atom. The van der Waals surface area contributed by atoms with Crippen molar-refractivity contribution in [1.29, 1.82) is 0 Å². The fourth-order valence-electron chi connectivity index (χ4n) is 2.85. The van der Waals surface area contributed by atoms with E-state index in [1.165, 1.54) is 0 Å². The lowest BCUT2D eigenvalue weighted by Gasteiger charge is -2.11. The summed E-state index contributed by atoms with van der Waals surface area (Å²) in [5.41, 5.74) is 10.3. The van der Waals surface area contributed by atoms with Gasteiger partial charge in [0.15, 0.2) is 0 Å². The van der Waals surface area contributed by atoms with Crippen molar-refractivity contribution in [1.82, 2.24) is 4.98 Å². The van der Waals surface area contributed by atoms with Crippen molar-refractivity contribution in [2.45, 2.75) is 19.4 Å². The number of rotatable bonds is 8. The van der Waals surface area contributed by atoms with Gasteiger partial charge in [-0.15, -0.1) is 0 Å². The molecule has 7 nitrogen and oxygen atoms in total. The van der Waals surface area contributed by atoms with Gasteiger partial charge in [0.05, 0.1) is 12.1 Å². The van der Waals surface area contributed by atoms with E-state index in [0.29, 0.717) is 18.1 Å². The highest BCUT2D eigenvalue weighted by atomic mass is 16.4. The summed E-state index contributed by atoms with van der Waals surface area (Å²) in [6.45, 7) is 0.593.